The van der Waals surface area contributed by atoms with Crippen LogP contribution in [0.5, 0.6) is 0 Å². The largest absolute Gasteiger partial charge is 0.463 e. The first-order valence-corrected chi connectivity index (χ1v) is 9.82. The first-order valence-electron chi connectivity index (χ1n) is 8.83. The normalized spacial score (nSPS) is 11.3. The predicted octanol–water partition coefficient (Wildman–Crippen LogP) is 5.63. The minimum absolute atomic E-state index is 0.307. The Kier molecular flexibility index (Phi) is 5.84. The Morgan fingerprint density at radius 3 is 2.62 bits per heavy atom. The zero-order valence-electron chi connectivity index (χ0n) is 15.4. The van der Waals surface area contributed by atoms with Crippen LogP contribution in [0.15, 0.2) is 59.5 Å². The van der Waals surface area contributed by atoms with E-state index in [1.165, 1.54) is 27.6 Å². The van der Waals surface area contributed by atoms with E-state index in [9.17, 15) is 4.79 Å². The van der Waals surface area contributed by atoms with Crippen molar-refractivity contribution in [2.75, 3.05) is 12.4 Å². The second kappa shape index (κ2) is 8.28. The molecule has 3 nitrogen and oxygen atoms in total. The maximum Gasteiger partial charge on any atom is 0.330 e. The zero-order chi connectivity index (χ0) is 18.5. The molecule has 0 N–H and O–H groups in total. The highest BCUT2D eigenvalue weighted by molar-refractivity contribution is 7.99. The van der Waals surface area contributed by atoms with Gasteiger partial charge in [-0.2, -0.15) is 0 Å². The molecule has 3 rings (SSSR count). The highest BCUT2D eigenvalue weighted by Gasteiger charge is 2.13. The molecule has 1 heterocycles. The maximum absolute atomic E-state index is 11.7. The molecule has 0 aliphatic rings. The Labute approximate surface area is 158 Å². The van der Waals surface area contributed by atoms with E-state index >= 15 is 0 Å². The van der Waals surface area contributed by atoms with Crippen molar-refractivity contribution in [1.82, 2.24) is 4.57 Å². The number of para-hydroxylation sites is 1. The standard InChI is InChI=1S/C22H23NO2S/c1-4-25-21(24)14-12-17-11-13-20-19(22(17)26-5-2)15-16(3)23(20)18-9-7-6-8-10-18/h6-15H,4-5H2,1-3H3/b14-12+. The van der Waals surface area contributed by atoms with E-state index in [1.54, 1.807) is 11.8 Å². The SMILES string of the molecule is CCOC(=O)/C=C/c1ccc2c(cc(C)n2-c2ccccc2)c1SCC. The molecule has 0 spiro atoms. The number of hydrogen-bond acceptors (Lipinski definition) is 3. The van der Waals surface area contributed by atoms with Gasteiger partial charge in [-0.05, 0) is 55.5 Å². The van der Waals surface area contributed by atoms with Crippen molar-refractivity contribution in [1.29, 1.82) is 0 Å². The number of carbonyl (C=O) groups excluding carboxylic acids is 1. The summed E-state index contributed by atoms with van der Waals surface area (Å²) in [7, 11) is 0. The van der Waals surface area contributed by atoms with Crippen LogP contribution in [0.2, 0.25) is 0 Å². The van der Waals surface area contributed by atoms with Crippen LogP contribution >= 0.6 is 11.8 Å². The molecule has 0 aliphatic heterocycles. The summed E-state index contributed by atoms with van der Waals surface area (Å²) in [4.78, 5) is 12.9. The van der Waals surface area contributed by atoms with Gasteiger partial charge in [0.1, 0.15) is 0 Å². The summed E-state index contributed by atoms with van der Waals surface area (Å²) in [6.07, 6.45) is 3.36. The summed E-state index contributed by atoms with van der Waals surface area (Å²) in [6, 6.07) is 16.8. The molecule has 134 valence electrons. The number of aryl methyl sites for hydroxylation is 1. The van der Waals surface area contributed by atoms with Crippen LogP contribution in [-0.4, -0.2) is 22.9 Å². The van der Waals surface area contributed by atoms with Crippen molar-refractivity contribution in [2.24, 2.45) is 0 Å². The third kappa shape index (κ3) is 3.70. The van der Waals surface area contributed by atoms with Crippen molar-refractivity contribution in [3.05, 3.63) is 65.9 Å². The van der Waals surface area contributed by atoms with E-state index in [2.05, 4.69) is 60.9 Å². The zero-order valence-corrected chi connectivity index (χ0v) is 16.2. The van der Waals surface area contributed by atoms with E-state index in [0.29, 0.717) is 6.61 Å². The fourth-order valence-electron chi connectivity index (χ4n) is 3.11. The van der Waals surface area contributed by atoms with Gasteiger partial charge >= 0.3 is 5.97 Å². The summed E-state index contributed by atoms with van der Waals surface area (Å²) in [6.45, 7) is 6.47. The van der Waals surface area contributed by atoms with E-state index in [-0.39, 0.29) is 5.97 Å². The number of hydrogen-bond donors (Lipinski definition) is 0. The topological polar surface area (TPSA) is 31.2 Å². The fourth-order valence-corrected chi connectivity index (χ4v) is 4.02. The Bertz CT molecular complexity index is 942. The van der Waals surface area contributed by atoms with Crippen LogP contribution in [0.4, 0.5) is 0 Å². The molecule has 2 aromatic carbocycles. The summed E-state index contributed by atoms with van der Waals surface area (Å²) in [5.41, 5.74) is 4.57. The van der Waals surface area contributed by atoms with E-state index in [4.69, 9.17) is 4.74 Å². The number of ether oxygens (including phenoxy) is 1. The molecule has 0 saturated heterocycles. The van der Waals surface area contributed by atoms with Crippen molar-refractivity contribution >= 4 is 34.7 Å². The van der Waals surface area contributed by atoms with Crippen LogP contribution in [0.3, 0.4) is 0 Å². The molecule has 0 bridgehead atoms. The second-order valence-corrected chi connectivity index (χ2v) is 7.17. The number of rotatable bonds is 6. The van der Waals surface area contributed by atoms with Crippen molar-refractivity contribution in [3.63, 3.8) is 0 Å². The molecule has 26 heavy (non-hydrogen) atoms. The Hall–Kier alpha value is -2.46. The first kappa shape index (κ1) is 18.3. The number of fused-ring (bicyclic) bond motifs is 1. The van der Waals surface area contributed by atoms with Gasteiger partial charge in [0.25, 0.3) is 0 Å². The average Bonchev–Trinajstić information content (AvgIpc) is 2.98. The third-order valence-electron chi connectivity index (χ3n) is 4.14. The number of benzene rings is 2. The van der Waals surface area contributed by atoms with Crippen molar-refractivity contribution in [2.45, 2.75) is 25.7 Å². The van der Waals surface area contributed by atoms with Gasteiger partial charge in [0.05, 0.1) is 12.1 Å². The predicted molar refractivity (Wildman–Crippen MR) is 110 cm³/mol. The van der Waals surface area contributed by atoms with Gasteiger partial charge < -0.3 is 9.30 Å². The Balaban J connectivity index is 2.13. The van der Waals surface area contributed by atoms with Gasteiger partial charge in [0, 0.05) is 27.7 Å². The van der Waals surface area contributed by atoms with Gasteiger partial charge in [0.15, 0.2) is 0 Å². The molecule has 0 unspecified atom stereocenters. The number of esters is 1. The molecule has 0 fully saturated rings. The monoisotopic (exact) mass is 365 g/mol. The molecule has 0 amide bonds. The van der Waals surface area contributed by atoms with Crippen LogP contribution in [-0.2, 0) is 9.53 Å². The number of carbonyl (C=O) groups is 1. The van der Waals surface area contributed by atoms with Crippen LogP contribution < -0.4 is 0 Å². The van der Waals surface area contributed by atoms with Crippen LogP contribution in [0.1, 0.15) is 25.1 Å². The summed E-state index contributed by atoms with van der Waals surface area (Å²) < 4.78 is 7.27. The Morgan fingerprint density at radius 1 is 1.15 bits per heavy atom. The van der Waals surface area contributed by atoms with Gasteiger partial charge in [-0.3, -0.25) is 0 Å². The summed E-state index contributed by atoms with van der Waals surface area (Å²) in [5, 5.41) is 1.21. The first-order chi connectivity index (χ1) is 12.7. The molecule has 0 aliphatic carbocycles. The lowest BCUT2D eigenvalue weighted by Crippen LogP contribution is -1.99. The number of aromatic nitrogens is 1. The average molecular weight is 365 g/mol. The highest BCUT2D eigenvalue weighted by atomic mass is 32.2. The van der Waals surface area contributed by atoms with Crippen LogP contribution in [0, 0.1) is 6.92 Å². The van der Waals surface area contributed by atoms with E-state index < -0.39 is 0 Å². The molecule has 0 saturated carbocycles. The maximum atomic E-state index is 11.7. The molecule has 1 aromatic heterocycles. The Morgan fingerprint density at radius 2 is 1.92 bits per heavy atom. The van der Waals surface area contributed by atoms with Gasteiger partial charge in [-0.15, -0.1) is 11.8 Å². The van der Waals surface area contributed by atoms with Crippen LogP contribution in [0.25, 0.3) is 22.7 Å². The van der Waals surface area contributed by atoms with Gasteiger partial charge in [0.2, 0.25) is 0 Å². The summed E-state index contributed by atoms with van der Waals surface area (Å²) in [5.74, 6) is 0.660. The fraction of sp³-hybridized carbons (Fsp3) is 0.227. The van der Waals surface area contributed by atoms with E-state index in [0.717, 1.165) is 17.0 Å². The second-order valence-electron chi connectivity index (χ2n) is 5.89. The van der Waals surface area contributed by atoms with E-state index in [1.807, 2.05) is 19.1 Å². The quantitative estimate of drug-likeness (QED) is 0.322. The van der Waals surface area contributed by atoms with Gasteiger partial charge in [-0.25, -0.2) is 4.79 Å². The number of thioether (sulfide) groups is 1. The lowest BCUT2D eigenvalue weighted by molar-refractivity contribution is -0.137. The third-order valence-corrected chi connectivity index (χ3v) is 5.17. The van der Waals surface area contributed by atoms with Crippen molar-refractivity contribution in [3.8, 4) is 5.69 Å². The highest BCUT2D eigenvalue weighted by Crippen LogP contribution is 2.35. The molecule has 0 radical (unpaired) electrons. The lowest BCUT2D eigenvalue weighted by atomic mass is 10.1. The number of nitrogens with zero attached hydrogens (tertiary/aromatic N) is 1. The minimum atomic E-state index is -0.307. The minimum Gasteiger partial charge on any atom is -0.463 e. The lowest BCUT2D eigenvalue weighted by Gasteiger charge is -2.10. The van der Waals surface area contributed by atoms with Gasteiger partial charge in [-0.1, -0.05) is 31.2 Å². The molecular weight excluding hydrogens is 342 g/mol. The molecule has 3 aromatic rings. The molecule has 0 atom stereocenters. The van der Waals surface area contributed by atoms with Crippen molar-refractivity contribution < 1.29 is 9.53 Å². The smallest absolute Gasteiger partial charge is 0.330 e. The molecule has 4 heteroatoms. The summed E-state index contributed by atoms with van der Waals surface area (Å²) >= 11 is 1.80. The molecular formula is C22H23NO2S.